The number of hydrogen-bond donors (Lipinski definition) is 1. The molecule has 0 saturated carbocycles. The van der Waals surface area contributed by atoms with Gasteiger partial charge in [-0.25, -0.2) is 9.97 Å². The average molecular weight is 244 g/mol. The van der Waals surface area contributed by atoms with Gasteiger partial charge in [-0.1, -0.05) is 19.9 Å². The van der Waals surface area contributed by atoms with Gasteiger partial charge in [-0.3, -0.25) is 0 Å². The van der Waals surface area contributed by atoms with E-state index in [0.29, 0.717) is 5.92 Å². The summed E-state index contributed by atoms with van der Waals surface area (Å²) in [7, 11) is 0. The Balaban J connectivity index is 2.11. The van der Waals surface area contributed by atoms with E-state index in [4.69, 9.17) is 0 Å². The number of pyridine rings is 1. The number of aromatic nitrogens is 3. The maximum Gasteiger partial charge on any atom is 0.125 e. The summed E-state index contributed by atoms with van der Waals surface area (Å²) in [6.45, 7) is 8.10. The van der Waals surface area contributed by atoms with Crippen LogP contribution >= 0.6 is 0 Å². The SMILES string of the molecule is CCNc1ccc(Cn2ccnc2C(C)C)cn1. The molecule has 0 fully saturated rings. The van der Waals surface area contributed by atoms with Crippen molar-refractivity contribution in [3.63, 3.8) is 0 Å². The summed E-state index contributed by atoms with van der Waals surface area (Å²) in [6.07, 6.45) is 5.80. The molecule has 0 aliphatic carbocycles. The zero-order valence-corrected chi connectivity index (χ0v) is 11.2. The van der Waals surface area contributed by atoms with E-state index in [1.165, 1.54) is 5.56 Å². The minimum Gasteiger partial charge on any atom is -0.370 e. The number of rotatable bonds is 5. The van der Waals surface area contributed by atoms with Crippen molar-refractivity contribution in [2.24, 2.45) is 0 Å². The highest BCUT2D eigenvalue weighted by atomic mass is 15.1. The topological polar surface area (TPSA) is 42.7 Å². The second-order valence-electron chi connectivity index (χ2n) is 4.65. The molecule has 0 radical (unpaired) electrons. The Morgan fingerprint density at radius 1 is 1.28 bits per heavy atom. The Bertz CT molecular complexity index is 485. The molecule has 0 aliphatic rings. The van der Waals surface area contributed by atoms with Gasteiger partial charge in [0.15, 0.2) is 0 Å². The van der Waals surface area contributed by atoms with Crippen LogP contribution in [0, 0.1) is 0 Å². The van der Waals surface area contributed by atoms with Gasteiger partial charge in [-0.05, 0) is 18.6 Å². The summed E-state index contributed by atoms with van der Waals surface area (Å²) in [5, 5.41) is 3.19. The van der Waals surface area contributed by atoms with Crippen molar-refractivity contribution in [1.29, 1.82) is 0 Å². The van der Waals surface area contributed by atoms with Crippen LogP contribution in [0.2, 0.25) is 0 Å². The lowest BCUT2D eigenvalue weighted by Crippen LogP contribution is -2.06. The Morgan fingerprint density at radius 3 is 2.72 bits per heavy atom. The molecule has 2 heterocycles. The first-order valence-corrected chi connectivity index (χ1v) is 6.40. The van der Waals surface area contributed by atoms with Crippen molar-refractivity contribution < 1.29 is 0 Å². The van der Waals surface area contributed by atoms with Crippen molar-refractivity contribution in [2.75, 3.05) is 11.9 Å². The molecular formula is C14H20N4. The lowest BCUT2D eigenvalue weighted by atomic mass is 10.2. The molecule has 1 N–H and O–H groups in total. The fourth-order valence-electron chi connectivity index (χ4n) is 1.96. The van der Waals surface area contributed by atoms with E-state index < -0.39 is 0 Å². The number of hydrogen-bond acceptors (Lipinski definition) is 3. The second-order valence-corrected chi connectivity index (χ2v) is 4.65. The summed E-state index contributed by atoms with van der Waals surface area (Å²) in [5.41, 5.74) is 1.19. The normalized spacial score (nSPS) is 10.9. The molecule has 96 valence electrons. The number of anilines is 1. The Morgan fingerprint density at radius 2 is 2.11 bits per heavy atom. The molecule has 4 nitrogen and oxygen atoms in total. The average Bonchev–Trinajstić information content (AvgIpc) is 2.80. The fraction of sp³-hybridized carbons (Fsp3) is 0.429. The van der Waals surface area contributed by atoms with Crippen molar-refractivity contribution in [3.05, 3.63) is 42.1 Å². The van der Waals surface area contributed by atoms with Crippen LogP contribution in [0.3, 0.4) is 0 Å². The van der Waals surface area contributed by atoms with Gasteiger partial charge in [0.1, 0.15) is 11.6 Å². The molecule has 2 aromatic rings. The highest BCUT2D eigenvalue weighted by Crippen LogP contribution is 2.14. The first-order chi connectivity index (χ1) is 8.70. The summed E-state index contributed by atoms with van der Waals surface area (Å²) in [6, 6.07) is 4.12. The molecule has 2 rings (SSSR count). The Labute approximate surface area is 108 Å². The first kappa shape index (κ1) is 12.6. The zero-order chi connectivity index (χ0) is 13.0. The maximum absolute atomic E-state index is 4.39. The van der Waals surface area contributed by atoms with Gasteiger partial charge < -0.3 is 9.88 Å². The predicted octanol–water partition coefficient (Wildman–Crippen LogP) is 2.88. The van der Waals surface area contributed by atoms with E-state index in [2.05, 4.69) is 46.7 Å². The molecule has 0 spiro atoms. The van der Waals surface area contributed by atoms with Gasteiger partial charge in [-0.2, -0.15) is 0 Å². The maximum atomic E-state index is 4.39. The standard InChI is InChI=1S/C14H20N4/c1-4-15-13-6-5-12(9-17-13)10-18-8-7-16-14(18)11(2)3/h5-9,11H,4,10H2,1-3H3,(H,15,17). The molecule has 4 heteroatoms. The largest absolute Gasteiger partial charge is 0.370 e. The van der Waals surface area contributed by atoms with Gasteiger partial charge in [-0.15, -0.1) is 0 Å². The van der Waals surface area contributed by atoms with Crippen molar-refractivity contribution in [2.45, 2.75) is 33.2 Å². The summed E-state index contributed by atoms with van der Waals surface area (Å²) >= 11 is 0. The van der Waals surface area contributed by atoms with Crippen molar-refractivity contribution in [3.8, 4) is 0 Å². The molecule has 2 aromatic heterocycles. The molecule has 0 amide bonds. The van der Waals surface area contributed by atoms with Gasteiger partial charge in [0.05, 0.1) is 6.54 Å². The molecular weight excluding hydrogens is 224 g/mol. The highest BCUT2D eigenvalue weighted by Gasteiger charge is 2.07. The lowest BCUT2D eigenvalue weighted by molar-refractivity contribution is 0.668. The minimum atomic E-state index is 0.439. The molecule has 0 bridgehead atoms. The number of nitrogens with zero attached hydrogens (tertiary/aromatic N) is 3. The molecule has 18 heavy (non-hydrogen) atoms. The van der Waals surface area contributed by atoms with E-state index in [1.807, 2.05) is 24.7 Å². The van der Waals surface area contributed by atoms with Gasteiger partial charge in [0, 0.05) is 31.1 Å². The van der Waals surface area contributed by atoms with E-state index in [1.54, 1.807) is 0 Å². The van der Waals surface area contributed by atoms with Crippen LogP contribution in [0.25, 0.3) is 0 Å². The van der Waals surface area contributed by atoms with Crippen LogP contribution in [-0.4, -0.2) is 21.1 Å². The van der Waals surface area contributed by atoms with Gasteiger partial charge in [0.2, 0.25) is 0 Å². The highest BCUT2D eigenvalue weighted by molar-refractivity contribution is 5.35. The smallest absolute Gasteiger partial charge is 0.125 e. The molecule has 0 atom stereocenters. The van der Waals surface area contributed by atoms with Crippen LogP contribution in [0.4, 0.5) is 5.82 Å². The van der Waals surface area contributed by atoms with Gasteiger partial charge in [0.25, 0.3) is 0 Å². The van der Waals surface area contributed by atoms with E-state index in [9.17, 15) is 0 Å². The number of nitrogens with one attached hydrogen (secondary N) is 1. The van der Waals surface area contributed by atoms with E-state index >= 15 is 0 Å². The van der Waals surface area contributed by atoms with Crippen LogP contribution in [0.15, 0.2) is 30.7 Å². The minimum absolute atomic E-state index is 0.439. The molecule has 0 aromatic carbocycles. The van der Waals surface area contributed by atoms with E-state index in [0.717, 1.165) is 24.7 Å². The fourth-order valence-corrected chi connectivity index (χ4v) is 1.96. The third-order valence-electron chi connectivity index (χ3n) is 2.80. The van der Waals surface area contributed by atoms with Crippen molar-refractivity contribution >= 4 is 5.82 Å². The third kappa shape index (κ3) is 2.88. The Kier molecular flexibility index (Phi) is 3.97. The van der Waals surface area contributed by atoms with Crippen LogP contribution in [0.1, 0.15) is 38.1 Å². The zero-order valence-electron chi connectivity index (χ0n) is 11.2. The van der Waals surface area contributed by atoms with Crippen LogP contribution in [0.5, 0.6) is 0 Å². The van der Waals surface area contributed by atoms with Crippen LogP contribution < -0.4 is 5.32 Å². The predicted molar refractivity (Wildman–Crippen MR) is 73.8 cm³/mol. The van der Waals surface area contributed by atoms with Gasteiger partial charge >= 0.3 is 0 Å². The summed E-state index contributed by atoms with van der Waals surface area (Å²) in [5.74, 6) is 2.48. The molecule has 0 saturated heterocycles. The molecule has 0 unspecified atom stereocenters. The second kappa shape index (κ2) is 5.67. The quantitative estimate of drug-likeness (QED) is 0.879. The van der Waals surface area contributed by atoms with E-state index in [-0.39, 0.29) is 0 Å². The van der Waals surface area contributed by atoms with Crippen molar-refractivity contribution in [1.82, 2.24) is 14.5 Å². The third-order valence-corrected chi connectivity index (χ3v) is 2.80. The monoisotopic (exact) mass is 244 g/mol. The number of imidazole rings is 1. The summed E-state index contributed by atoms with van der Waals surface area (Å²) in [4.78, 5) is 8.77. The molecule has 0 aliphatic heterocycles. The summed E-state index contributed by atoms with van der Waals surface area (Å²) < 4.78 is 2.18. The lowest BCUT2D eigenvalue weighted by Gasteiger charge is -2.10. The van der Waals surface area contributed by atoms with Crippen LogP contribution in [-0.2, 0) is 6.54 Å². The Hall–Kier alpha value is -1.84. The first-order valence-electron chi connectivity index (χ1n) is 6.40.